The molecule has 4 rings (SSSR count). The third kappa shape index (κ3) is 8.55. The molecule has 0 radical (unpaired) electrons. The smallest absolute Gasteiger partial charge is 0.408 e. The molecule has 2 amide bonds. The van der Waals surface area contributed by atoms with Gasteiger partial charge in [-0.15, -0.1) is 12.3 Å². The molecular weight excluding hydrogens is 570 g/mol. The molecular formula is C35H55N5O5. The van der Waals surface area contributed by atoms with Crippen LogP contribution in [0.15, 0.2) is 17.3 Å². The normalized spacial score (nSPS) is 35.1. The summed E-state index contributed by atoms with van der Waals surface area (Å²) in [5, 5.41) is 19.0. The summed E-state index contributed by atoms with van der Waals surface area (Å²) in [5.74, 6) is 6.52. The van der Waals surface area contributed by atoms with Crippen molar-refractivity contribution in [2.24, 2.45) is 51.5 Å². The van der Waals surface area contributed by atoms with Gasteiger partial charge < -0.3 is 25.2 Å². The number of alkyl carbamates (subject to hydrolysis) is 1. The number of azide groups is 1. The van der Waals surface area contributed by atoms with Gasteiger partial charge in [0.25, 0.3) is 0 Å². The molecule has 10 heteroatoms. The standard InChI is InChI=1S/C35H55N5O5/c1-5-6-19-44-20-21-45-33(43)39-31(23-37-40-36)38-32(42)10-8-7-9-24(2)28-13-14-29-27-12-11-25-22-26(41)15-17-34(25,3)30(27)16-18-35(28,29)4/h1,8,10,24-31,41H,6-7,9,11-23H2,2-4H3,(H,38,42)(H,39,43)/b10-8+/t24-,25-,26-,27+,28-,29+,30+,31?,34+,35-/m1/s1. The van der Waals surface area contributed by atoms with Crippen molar-refractivity contribution in [3.63, 3.8) is 0 Å². The van der Waals surface area contributed by atoms with Crippen LogP contribution in [0.3, 0.4) is 0 Å². The van der Waals surface area contributed by atoms with Crippen LogP contribution in [0, 0.1) is 58.7 Å². The molecule has 250 valence electrons. The number of terminal acetylenes is 1. The molecule has 10 atom stereocenters. The van der Waals surface area contributed by atoms with Crippen LogP contribution in [0.1, 0.15) is 97.8 Å². The summed E-state index contributed by atoms with van der Waals surface area (Å²) in [6.45, 7) is 8.01. The number of hydrogen-bond acceptors (Lipinski definition) is 6. The maximum Gasteiger partial charge on any atom is 0.408 e. The Balaban J connectivity index is 1.22. The van der Waals surface area contributed by atoms with E-state index in [1.807, 2.05) is 6.08 Å². The first-order valence-corrected chi connectivity index (χ1v) is 17.2. The number of aliphatic hydroxyl groups excluding tert-OH is 1. The Morgan fingerprint density at radius 1 is 1.09 bits per heavy atom. The molecule has 0 aromatic heterocycles. The molecule has 1 unspecified atom stereocenters. The average molecular weight is 626 g/mol. The van der Waals surface area contributed by atoms with Gasteiger partial charge in [-0.1, -0.05) is 32.0 Å². The lowest BCUT2D eigenvalue weighted by molar-refractivity contribution is -0.129. The Labute approximate surface area is 269 Å². The van der Waals surface area contributed by atoms with Crippen LogP contribution in [0.5, 0.6) is 0 Å². The van der Waals surface area contributed by atoms with Crippen molar-refractivity contribution in [1.29, 1.82) is 0 Å². The Hall–Kier alpha value is -2.73. The first kappa shape index (κ1) is 35.1. The summed E-state index contributed by atoms with van der Waals surface area (Å²) in [7, 11) is 0. The summed E-state index contributed by atoms with van der Waals surface area (Å²) in [4.78, 5) is 27.4. The van der Waals surface area contributed by atoms with Crippen LogP contribution < -0.4 is 10.6 Å². The van der Waals surface area contributed by atoms with Crippen LogP contribution in [0.25, 0.3) is 10.4 Å². The molecule has 45 heavy (non-hydrogen) atoms. The van der Waals surface area contributed by atoms with E-state index in [0.29, 0.717) is 41.6 Å². The Morgan fingerprint density at radius 2 is 1.87 bits per heavy atom. The highest BCUT2D eigenvalue weighted by Gasteiger charge is 2.60. The number of ether oxygens (including phenoxy) is 2. The highest BCUT2D eigenvalue weighted by molar-refractivity contribution is 5.88. The maximum atomic E-state index is 12.6. The van der Waals surface area contributed by atoms with Gasteiger partial charge in [-0.3, -0.25) is 4.79 Å². The van der Waals surface area contributed by atoms with Crippen molar-refractivity contribution in [3.05, 3.63) is 22.6 Å². The number of carbonyl (C=O) groups excluding carboxylic acids is 2. The van der Waals surface area contributed by atoms with Crippen LogP contribution >= 0.6 is 0 Å². The van der Waals surface area contributed by atoms with E-state index >= 15 is 0 Å². The number of allylic oxidation sites excluding steroid dienone is 1. The van der Waals surface area contributed by atoms with Crippen LogP contribution in [0.2, 0.25) is 0 Å². The predicted octanol–water partition coefficient (Wildman–Crippen LogP) is 6.50. The van der Waals surface area contributed by atoms with E-state index in [4.69, 9.17) is 21.4 Å². The maximum absolute atomic E-state index is 12.6. The molecule has 0 aromatic carbocycles. The Bertz CT molecular complexity index is 1130. The molecule has 4 aliphatic rings. The molecule has 4 saturated carbocycles. The summed E-state index contributed by atoms with van der Waals surface area (Å²) < 4.78 is 10.3. The minimum atomic E-state index is -0.895. The number of aliphatic hydroxyl groups is 1. The van der Waals surface area contributed by atoms with Gasteiger partial charge in [-0.25, -0.2) is 4.79 Å². The topological polar surface area (TPSA) is 146 Å². The minimum absolute atomic E-state index is 0.0313. The first-order valence-electron chi connectivity index (χ1n) is 17.2. The molecule has 0 saturated heterocycles. The van der Waals surface area contributed by atoms with Crippen molar-refractivity contribution in [2.75, 3.05) is 26.4 Å². The van der Waals surface area contributed by atoms with Gasteiger partial charge in [-0.2, -0.15) is 0 Å². The molecule has 0 bridgehead atoms. The fraction of sp³-hybridized carbons (Fsp3) is 0.829. The van der Waals surface area contributed by atoms with E-state index in [0.717, 1.165) is 43.4 Å². The number of hydrogen-bond donors (Lipinski definition) is 3. The lowest BCUT2D eigenvalue weighted by Gasteiger charge is -2.61. The fourth-order valence-corrected chi connectivity index (χ4v) is 10.0. The highest BCUT2D eigenvalue weighted by atomic mass is 16.6. The second kappa shape index (κ2) is 16.2. The van der Waals surface area contributed by atoms with E-state index in [1.165, 1.54) is 51.0 Å². The monoisotopic (exact) mass is 625 g/mol. The zero-order valence-corrected chi connectivity index (χ0v) is 27.6. The quantitative estimate of drug-likeness (QED) is 0.0384. The van der Waals surface area contributed by atoms with E-state index in [1.54, 1.807) is 0 Å². The van der Waals surface area contributed by atoms with Crippen LogP contribution in [-0.2, 0) is 14.3 Å². The second-order valence-corrected chi connectivity index (χ2v) is 14.6. The number of amides is 2. The molecule has 4 fully saturated rings. The zero-order chi connectivity index (χ0) is 32.5. The summed E-state index contributed by atoms with van der Waals surface area (Å²) >= 11 is 0. The van der Waals surface area contributed by atoms with Crippen molar-refractivity contribution in [1.82, 2.24) is 10.6 Å². The van der Waals surface area contributed by atoms with Crippen molar-refractivity contribution in [2.45, 2.75) is 110 Å². The van der Waals surface area contributed by atoms with Crippen LogP contribution in [-0.4, -0.2) is 55.7 Å². The summed E-state index contributed by atoms with van der Waals surface area (Å²) in [6.07, 6.45) is 20.2. The summed E-state index contributed by atoms with van der Waals surface area (Å²) in [6, 6.07) is 0. The Kier molecular flexibility index (Phi) is 12.6. The van der Waals surface area contributed by atoms with Crippen molar-refractivity contribution >= 4 is 12.0 Å². The predicted molar refractivity (Wildman–Crippen MR) is 173 cm³/mol. The summed E-state index contributed by atoms with van der Waals surface area (Å²) in [5.41, 5.74) is 9.50. The number of carbonyl (C=O) groups is 2. The van der Waals surface area contributed by atoms with Gasteiger partial charge in [0.1, 0.15) is 12.8 Å². The lowest BCUT2D eigenvalue weighted by Crippen LogP contribution is -2.54. The molecule has 0 heterocycles. The van der Waals surface area contributed by atoms with Crippen molar-refractivity contribution < 1.29 is 24.2 Å². The number of nitrogens with zero attached hydrogens (tertiary/aromatic N) is 3. The third-order valence-corrected chi connectivity index (χ3v) is 12.2. The van der Waals surface area contributed by atoms with E-state index in [-0.39, 0.29) is 31.8 Å². The van der Waals surface area contributed by atoms with Gasteiger partial charge in [-0.05, 0) is 129 Å². The molecule has 10 nitrogen and oxygen atoms in total. The zero-order valence-electron chi connectivity index (χ0n) is 27.6. The van der Waals surface area contributed by atoms with Gasteiger partial charge >= 0.3 is 6.09 Å². The second-order valence-electron chi connectivity index (χ2n) is 14.6. The number of rotatable bonds is 14. The van der Waals surface area contributed by atoms with E-state index < -0.39 is 12.3 Å². The van der Waals surface area contributed by atoms with Crippen LogP contribution in [0.4, 0.5) is 4.79 Å². The SMILES string of the molecule is C#CCCOCCOC(=O)NC(CN=[N+]=[N-])NC(=O)/C=C/CC[C@@H](C)[C@H]1CC[C@H]2[C@@H]3CC[C@@H]4C[C@H](O)CC[C@]4(C)[C@H]3CC[C@]12C. The van der Waals surface area contributed by atoms with E-state index in [2.05, 4.69) is 47.4 Å². The van der Waals surface area contributed by atoms with E-state index in [9.17, 15) is 14.7 Å². The lowest BCUT2D eigenvalue weighted by atomic mass is 9.44. The Morgan fingerprint density at radius 3 is 2.64 bits per heavy atom. The first-order chi connectivity index (χ1) is 21.6. The minimum Gasteiger partial charge on any atom is -0.447 e. The van der Waals surface area contributed by atoms with Gasteiger partial charge in [0.2, 0.25) is 5.91 Å². The number of nitrogens with one attached hydrogen (secondary N) is 2. The fourth-order valence-electron chi connectivity index (χ4n) is 10.0. The third-order valence-electron chi connectivity index (χ3n) is 12.2. The van der Waals surface area contributed by atoms with Gasteiger partial charge in [0.05, 0.1) is 25.9 Å². The largest absolute Gasteiger partial charge is 0.447 e. The molecule has 3 N–H and O–H groups in total. The highest BCUT2D eigenvalue weighted by Crippen LogP contribution is 2.68. The molecule has 0 aliphatic heterocycles. The van der Waals surface area contributed by atoms with Gasteiger partial charge in [0, 0.05) is 11.3 Å². The molecule has 4 aliphatic carbocycles. The molecule has 0 aromatic rings. The van der Waals surface area contributed by atoms with Crippen molar-refractivity contribution in [3.8, 4) is 12.3 Å². The average Bonchev–Trinajstić information content (AvgIpc) is 3.37. The number of fused-ring (bicyclic) bond motifs is 5. The molecule has 0 spiro atoms. The van der Waals surface area contributed by atoms with Gasteiger partial charge in [0.15, 0.2) is 0 Å².